The minimum atomic E-state index is -0.680. The molecule has 0 fully saturated rings. The van der Waals surface area contributed by atoms with Crippen molar-refractivity contribution >= 4 is 35.9 Å². The number of anilines is 1. The van der Waals surface area contributed by atoms with Gasteiger partial charge in [0, 0.05) is 19.7 Å². The van der Waals surface area contributed by atoms with E-state index >= 15 is 0 Å². The highest BCUT2D eigenvalue weighted by atomic mass is 35.5. The first kappa shape index (κ1) is 23.8. The molecule has 1 aromatic rings. The number of hydrogen-bond donors (Lipinski definition) is 3. The molecule has 1 aliphatic heterocycles. The Balaban J connectivity index is 0.00000392. The van der Waals surface area contributed by atoms with Crippen LogP contribution in [-0.4, -0.2) is 54.4 Å². The molecule has 0 radical (unpaired) electrons. The number of rotatable bonds is 7. The number of pyridine rings is 1. The van der Waals surface area contributed by atoms with Crippen LogP contribution in [0.4, 0.5) is 5.82 Å². The van der Waals surface area contributed by atoms with E-state index in [2.05, 4.69) is 20.9 Å². The average Bonchev–Trinajstić information content (AvgIpc) is 3.01. The highest BCUT2D eigenvalue weighted by Crippen LogP contribution is 2.31. The van der Waals surface area contributed by atoms with E-state index in [0.717, 1.165) is 5.56 Å². The lowest BCUT2D eigenvalue weighted by Crippen LogP contribution is -2.57. The molecule has 0 aliphatic carbocycles. The van der Waals surface area contributed by atoms with E-state index in [1.165, 1.54) is 6.92 Å². The third-order valence-electron chi connectivity index (χ3n) is 4.80. The molecule has 1 aliphatic rings. The highest BCUT2D eigenvalue weighted by Gasteiger charge is 2.39. The summed E-state index contributed by atoms with van der Waals surface area (Å²) >= 11 is 0. The van der Waals surface area contributed by atoms with Crippen LogP contribution in [0, 0.1) is 5.92 Å². The van der Waals surface area contributed by atoms with Gasteiger partial charge in [-0.3, -0.25) is 19.3 Å². The Morgan fingerprint density at radius 2 is 1.96 bits per heavy atom. The van der Waals surface area contributed by atoms with Gasteiger partial charge in [0.1, 0.15) is 11.9 Å². The van der Waals surface area contributed by atoms with Crippen LogP contribution in [-0.2, 0) is 20.8 Å². The zero-order valence-corrected chi connectivity index (χ0v) is 17.8. The van der Waals surface area contributed by atoms with E-state index < -0.39 is 12.1 Å². The molecule has 9 heteroatoms. The van der Waals surface area contributed by atoms with Gasteiger partial charge in [-0.1, -0.05) is 19.9 Å². The Bertz CT molecular complexity index is 713. The summed E-state index contributed by atoms with van der Waals surface area (Å²) in [6.45, 7) is 7.31. The number of carbonyl (C=O) groups excluding carboxylic acids is 3. The predicted molar refractivity (Wildman–Crippen MR) is 110 cm³/mol. The zero-order chi connectivity index (χ0) is 20.1. The lowest BCUT2D eigenvalue weighted by Gasteiger charge is -2.31. The van der Waals surface area contributed by atoms with Crippen molar-refractivity contribution in [3.63, 3.8) is 0 Å². The number of halogens is 1. The number of hydrogen-bond acceptors (Lipinski definition) is 5. The van der Waals surface area contributed by atoms with Crippen molar-refractivity contribution < 1.29 is 14.4 Å². The molecule has 2 heterocycles. The summed E-state index contributed by atoms with van der Waals surface area (Å²) in [5, 5.41) is 8.52. The van der Waals surface area contributed by atoms with Crippen molar-refractivity contribution in [2.24, 2.45) is 5.92 Å². The summed E-state index contributed by atoms with van der Waals surface area (Å²) < 4.78 is 0. The Labute approximate surface area is 172 Å². The second-order valence-electron chi connectivity index (χ2n) is 7.23. The Kier molecular flexibility index (Phi) is 8.84. The van der Waals surface area contributed by atoms with Crippen LogP contribution in [0.2, 0.25) is 0 Å². The molecule has 1 unspecified atom stereocenters. The van der Waals surface area contributed by atoms with Crippen LogP contribution in [0.5, 0.6) is 0 Å². The maximum atomic E-state index is 13.4. The number of nitrogens with zero attached hydrogens (tertiary/aromatic N) is 2. The van der Waals surface area contributed by atoms with E-state index in [1.54, 1.807) is 25.1 Å². The average molecular weight is 412 g/mol. The smallest absolute Gasteiger partial charge is 0.251 e. The minimum Gasteiger partial charge on any atom is -0.354 e. The largest absolute Gasteiger partial charge is 0.354 e. The fraction of sp³-hybridized carbons (Fsp3) is 0.579. The second kappa shape index (κ2) is 10.4. The summed E-state index contributed by atoms with van der Waals surface area (Å²) in [5.74, 6) is -0.0974. The summed E-state index contributed by atoms with van der Waals surface area (Å²) in [6.07, 6.45) is 2.26. The summed E-state index contributed by atoms with van der Waals surface area (Å²) in [5.41, 5.74) is 0.957. The third-order valence-corrected chi connectivity index (χ3v) is 4.80. The number of likely N-dealkylation sites (N-methyl/N-ethyl adjacent to an activating group) is 1. The van der Waals surface area contributed by atoms with Crippen LogP contribution in [0.25, 0.3) is 0 Å². The van der Waals surface area contributed by atoms with Crippen LogP contribution in [0.15, 0.2) is 18.3 Å². The SMILES string of the molecule is CN[C@@H](C)C(=O)N[C@H](C(=O)N1c2ncccc2CC1CNC(C)=O)C(C)C.Cl. The van der Waals surface area contributed by atoms with Gasteiger partial charge in [-0.25, -0.2) is 4.98 Å². The summed E-state index contributed by atoms with van der Waals surface area (Å²) in [6, 6.07) is 2.45. The van der Waals surface area contributed by atoms with E-state index in [4.69, 9.17) is 0 Å². The van der Waals surface area contributed by atoms with Crippen molar-refractivity contribution in [3.8, 4) is 0 Å². The number of nitrogens with one attached hydrogen (secondary N) is 3. The quantitative estimate of drug-likeness (QED) is 0.611. The van der Waals surface area contributed by atoms with Gasteiger partial charge in [-0.15, -0.1) is 12.4 Å². The van der Waals surface area contributed by atoms with Crippen molar-refractivity contribution in [3.05, 3.63) is 23.9 Å². The Morgan fingerprint density at radius 3 is 2.54 bits per heavy atom. The minimum absolute atomic E-state index is 0. The molecule has 156 valence electrons. The third kappa shape index (κ3) is 5.42. The van der Waals surface area contributed by atoms with Gasteiger partial charge >= 0.3 is 0 Å². The fourth-order valence-corrected chi connectivity index (χ4v) is 3.11. The number of fused-ring (bicyclic) bond motifs is 1. The van der Waals surface area contributed by atoms with Crippen LogP contribution >= 0.6 is 12.4 Å². The first-order valence-electron chi connectivity index (χ1n) is 9.25. The lowest BCUT2D eigenvalue weighted by atomic mass is 10.0. The van der Waals surface area contributed by atoms with Crippen molar-refractivity contribution in [1.82, 2.24) is 20.9 Å². The first-order valence-corrected chi connectivity index (χ1v) is 9.25. The molecule has 8 nitrogen and oxygen atoms in total. The van der Waals surface area contributed by atoms with E-state index in [9.17, 15) is 14.4 Å². The predicted octanol–water partition coefficient (Wildman–Crippen LogP) is 0.646. The van der Waals surface area contributed by atoms with Crippen LogP contribution < -0.4 is 20.9 Å². The molecule has 0 aromatic carbocycles. The molecule has 0 saturated heterocycles. The van der Waals surface area contributed by atoms with Gasteiger partial charge in [0.15, 0.2) is 0 Å². The van der Waals surface area contributed by atoms with Crippen LogP contribution in [0.1, 0.15) is 33.3 Å². The molecular formula is C19H30ClN5O3. The van der Waals surface area contributed by atoms with Gasteiger partial charge in [-0.05, 0) is 37.9 Å². The molecular weight excluding hydrogens is 382 g/mol. The zero-order valence-electron chi connectivity index (χ0n) is 17.0. The number of aromatic nitrogens is 1. The molecule has 28 heavy (non-hydrogen) atoms. The van der Waals surface area contributed by atoms with Crippen molar-refractivity contribution in [2.75, 3.05) is 18.5 Å². The monoisotopic (exact) mass is 411 g/mol. The van der Waals surface area contributed by atoms with Crippen molar-refractivity contribution in [1.29, 1.82) is 0 Å². The van der Waals surface area contributed by atoms with E-state index in [-0.39, 0.29) is 42.1 Å². The van der Waals surface area contributed by atoms with Crippen LogP contribution in [0.3, 0.4) is 0 Å². The number of amides is 3. The summed E-state index contributed by atoms with van der Waals surface area (Å²) in [7, 11) is 1.69. The molecule has 0 saturated carbocycles. The maximum Gasteiger partial charge on any atom is 0.251 e. The molecule has 2 rings (SSSR count). The fourth-order valence-electron chi connectivity index (χ4n) is 3.11. The van der Waals surface area contributed by atoms with Gasteiger partial charge < -0.3 is 16.0 Å². The van der Waals surface area contributed by atoms with E-state index in [0.29, 0.717) is 18.8 Å². The van der Waals surface area contributed by atoms with Gasteiger partial charge in [-0.2, -0.15) is 0 Å². The summed E-state index contributed by atoms with van der Waals surface area (Å²) in [4.78, 5) is 43.1. The Morgan fingerprint density at radius 1 is 1.29 bits per heavy atom. The van der Waals surface area contributed by atoms with E-state index in [1.807, 2.05) is 26.0 Å². The Hall–Kier alpha value is -2.19. The molecule has 0 spiro atoms. The molecule has 3 amide bonds. The van der Waals surface area contributed by atoms with Gasteiger partial charge in [0.25, 0.3) is 5.91 Å². The molecule has 0 bridgehead atoms. The second-order valence-corrected chi connectivity index (χ2v) is 7.23. The normalized spacial score (nSPS) is 17.4. The molecule has 3 N–H and O–H groups in total. The molecule has 3 atom stereocenters. The lowest BCUT2D eigenvalue weighted by molar-refractivity contribution is -0.129. The highest BCUT2D eigenvalue weighted by molar-refractivity contribution is 6.01. The van der Waals surface area contributed by atoms with Crippen molar-refractivity contribution in [2.45, 2.75) is 52.2 Å². The standard InChI is InChI=1S/C19H29N5O3.ClH/c1-11(2)16(23-18(26)12(3)20-5)19(27)24-15(10-22-13(4)25)9-14-7-6-8-21-17(14)24;/h6-8,11-12,15-16,20H,9-10H2,1-5H3,(H,22,25)(H,23,26);1H/t12-,15?,16-;/m0./s1. The first-order chi connectivity index (χ1) is 12.8. The topological polar surface area (TPSA) is 103 Å². The maximum absolute atomic E-state index is 13.4. The van der Waals surface area contributed by atoms with Gasteiger partial charge in [0.2, 0.25) is 11.8 Å². The van der Waals surface area contributed by atoms with Gasteiger partial charge in [0.05, 0.1) is 12.1 Å². The number of carbonyl (C=O) groups is 3. The molecule has 1 aromatic heterocycles.